The molecule has 0 spiro atoms. The number of carbonyl (C=O) groups is 1. The van der Waals surface area contributed by atoms with E-state index in [1.165, 1.54) is 10.4 Å². The lowest BCUT2D eigenvalue weighted by Crippen LogP contribution is -2.35. The summed E-state index contributed by atoms with van der Waals surface area (Å²) < 4.78 is 32.2. The van der Waals surface area contributed by atoms with Crippen molar-refractivity contribution in [2.45, 2.75) is 31.7 Å². The van der Waals surface area contributed by atoms with E-state index in [2.05, 4.69) is 0 Å². The molecule has 0 saturated carbocycles. The van der Waals surface area contributed by atoms with E-state index >= 15 is 0 Å². The molecule has 0 radical (unpaired) electrons. The van der Waals surface area contributed by atoms with Crippen LogP contribution in [0.15, 0.2) is 21.4 Å². The van der Waals surface area contributed by atoms with E-state index in [9.17, 15) is 13.2 Å². The Morgan fingerprint density at radius 3 is 2.68 bits per heavy atom. The van der Waals surface area contributed by atoms with E-state index in [4.69, 9.17) is 9.52 Å². The molecule has 22 heavy (non-hydrogen) atoms. The molecule has 6 nitrogen and oxygen atoms in total. The Bertz CT molecular complexity index is 847. The zero-order valence-electron chi connectivity index (χ0n) is 12.1. The van der Waals surface area contributed by atoms with Crippen LogP contribution < -0.4 is 0 Å². The molecule has 2 aromatic rings. The summed E-state index contributed by atoms with van der Waals surface area (Å²) in [5.41, 5.74) is 0.925. The van der Waals surface area contributed by atoms with E-state index < -0.39 is 16.0 Å². The van der Waals surface area contributed by atoms with Gasteiger partial charge in [0.2, 0.25) is 10.0 Å². The van der Waals surface area contributed by atoms with E-state index in [-0.39, 0.29) is 16.3 Å². The van der Waals surface area contributed by atoms with Crippen LogP contribution in [0.2, 0.25) is 0 Å². The predicted octanol–water partition coefficient (Wildman–Crippen LogP) is 2.40. The van der Waals surface area contributed by atoms with Gasteiger partial charge in [-0.2, -0.15) is 4.31 Å². The smallest absolute Gasteiger partial charge is 0.345 e. The van der Waals surface area contributed by atoms with Crippen LogP contribution in [0.3, 0.4) is 0 Å². The Hall–Kier alpha value is -1.64. The molecule has 0 saturated heterocycles. The van der Waals surface area contributed by atoms with Gasteiger partial charge >= 0.3 is 5.97 Å². The lowest BCUT2D eigenvalue weighted by Gasteiger charge is -2.25. The van der Waals surface area contributed by atoms with Crippen molar-refractivity contribution in [2.75, 3.05) is 6.54 Å². The van der Waals surface area contributed by atoms with Crippen LogP contribution in [0.1, 0.15) is 31.6 Å². The van der Waals surface area contributed by atoms with Crippen LogP contribution in [0, 0.1) is 13.8 Å². The fourth-order valence-electron chi connectivity index (χ4n) is 2.61. The number of hydrogen-bond donors (Lipinski definition) is 1. The van der Waals surface area contributed by atoms with Gasteiger partial charge in [0.05, 0.1) is 0 Å². The minimum Gasteiger partial charge on any atom is -0.477 e. The lowest BCUT2D eigenvalue weighted by atomic mass is 10.1. The molecule has 0 aliphatic carbocycles. The van der Waals surface area contributed by atoms with Crippen molar-refractivity contribution in [1.29, 1.82) is 0 Å². The number of nitrogens with zero attached hydrogens (tertiary/aromatic N) is 1. The van der Waals surface area contributed by atoms with Gasteiger partial charge in [-0.15, -0.1) is 11.3 Å². The third-order valence-corrected chi connectivity index (χ3v) is 6.77. The number of hydrogen-bond acceptors (Lipinski definition) is 5. The molecule has 0 bridgehead atoms. The van der Waals surface area contributed by atoms with E-state index in [0.29, 0.717) is 24.5 Å². The Labute approximate surface area is 132 Å². The van der Waals surface area contributed by atoms with Crippen molar-refractivity contribution in [3.05, 3.63) is 39.0 Å². The number of thiophene rings is 1. The lowest BCUT2D eigenvalue weighted by molar-refractivity contribution is 0.0702. The summed E-state index contributed by atoms with van der Waals surface area (Å²) in [6, 6.07) is 3.16. The third kappa shape index (κ3) is 2.47. The molecule has 8 heteroatoms. The topological polar surface area (TPSA) is 87.8 Å². The van der Waals surface area contributed by atoms with Crippen molar-refractivity contribution in [1.82, 2.24) is 4.31 Å². The molecule has 0 atom stereocenters. The zero-order valence-corrected chi connectivity index (χ0v) is 13.8. The van der Waals surface area contributed by atoms with Gasteiger partial charge in [-0.05, 0) is 38.0 Å². The number of fused-ring (bicyclic) bond motifs is 1. The van der Waals surface area contributed by atoms with Crippen LogP contribution in [-0.4, -0.2) is 30.3 Å². The first-order chi connectivity index (χ1) is 10.3. The average Bonchev–Trinajstić information content (AvgIpc) is 3.01. The molecular formula is C14H15NO5S2. The van der Waals surface area contributed by atoms with Gasteiger partial charge in [-0.1, -0.05) is 0 Å². The molecule has 2 aromatic heterocycles. The van der Waals surface area contributed by atoms with Crippen molar-refractivity contribution >= 4 is 27.3 Å². The number of sulfonamides is 1. The quantitative estimate of drug-likeness (QED) is 0.926. The summed E-state index contributed by atoms with van der Waals surface area (Å²) in [5.74, 6) is -0.0473. The van der Waals surface area contributed by atoms with E-state index in [1.54, 1.807) is 19.9 Å². The summed E-state index contributed by atoms with van der Waals surface area (Å²) in [7, 11) is -3.63. The highest BCUT2D eigenvalue weighted by Gasteiger charge is 2.32. The minimum atomic E-state index is -3.63. The molecule has 0 unspecified atom stereocenters. The predicted molar refractivity (Wildman–Crippen MR) is 80.8 cm³/mol. The summed E-state index contributed by atoms with van der Waals surface area (Å²) in [6.45, 7) is 3.88. The maximum Gasteiger partial charge on any atom is 0.345 e. The highest BCUT2D eigenvalue weighted by molar-refractivity contribution is 7.89. The number of rotatable bonds is 3. The molecule has 0 aromatic carbocycles. The van der Waals surface area contributed by atoms with E-state index in [0.717, 1.165) is 21.8 Å². The summed E-state index contributed by atoms with van der Waals surface area (Å²) in [5, 5.41) is 9.04. The Morgan fingerprint density at radius 2 is 2.09 bits per heavy atom. The highest BCUT2D eigenvalue weighted by Crippen LogP contribution is 2.32. The molecule has 3 rings (SSSR count). The first kappa shape index (κ1) is 15.3. The van der Waals surface area contributed by atoms with Gasteiger partial charge in [-0.3, -0.25) is 0 Å². The Kier molecular flexibility index (Phi) is 3.62. The molecule has 1 aliphatic rings. The van der Waals surface area contributed by atoms with Crippen LogP contribution >= 0.6 is 11.3 Å². The standard InChI is InChI=1S/C14H15NO5S2/c1-8-5-13(9(2)20-8)22(18,19)15-4-3-10-6-11(14(16)17)21-12(10)7-15/h5-6H,3-4,7H2,1-2H3,(H,16,17). The first-order valence-electron chi connectivity index (χ1n) is 6.71. The van der Waals surface area contributed by atoms with Crippen LogP contribution in [0.25, 0.3) is 0 Å². The van der Waals surface area contributed by atoms with Crippen molar-refractivity contribution in [3.63, 3.8) is 0 Å². The van der Waals surface area contributed by atoms with Gasteiger partial charge in [0, 0.05) is 18.0 Å². The van der Waals surface area contributed by atoms with Gasteiger partial charge in [0.1, 0.15) is 21.3 Å². The number of carboxylic acids is 1. The Morgan fingerprint density at radius 1 is 1.36 bits per heavy atom. The normalized spacial score (nSPS) is 15.7. The SMILES string of the molecule is Cc1cc(S(=O)(=O)N2CCc3cc(C(=O)O)sc3C2)c(C)o1. The second kappa shape index (κ2) is 5.22. The van der Waals surface area contributed by atoms with Crippen molar-refractivity contribution in [3.8, 4) is 0 Å². The van der Waals surface area contributed by atoms with Gasteiger partial charge in [-0.25, -0.2) is 13.2 Å². The largest absolute Gasteiger partial charge is 0.477 e. The third-order valence-electron chi connectivity index (χ3n) is 3.67. The van der Waals surface area contributed by atoms with Gasteiger partial charge in [0.25, 0.3) is 0 Å². The Balaban J connectivity index is 1.93. The molecular weight excluding hydrogens is 326 g/mol. The maximum absolute atomic E-state index is 12.7. The minimum absolute atomic E-state index is 0.184. The molecule has 0 amide bonds. The molecule has 118 valence electrons. The maximum atomic E-state index is 12.7. The molecule has 3 heterocycles. The number of furan rings is 1. The summed E-state index contributed by atoms with van der Waals surface area (Å²) in [4.78, 5) is 12.3. The zero-order chi connectivity index (χ0) is 16.1. The number of aryl methyl sites for hydroxylation is 2. The fraction of sp³-hybridized carbons (Fsp3) is 0.357. The second-order valence-electron chi connectivity index (χ2n) is 5.23. The molecule has 1 N–H and O–H groups in total. The van der Waals surface area contributed by atoms with Crippen LogP contribution in [0.5, 0.6) is 0 Å². The number of aromatic carboxylic acids is 1. The van der Waals surface area contributed by atoms with Crippen molar-refractivity contribution < 1.29 is 22.7 Å². The van der Waals surface area contributed by atoms with Crippen molar-refractivity contribution in [2.24, 2.45) is 0 Å². The first-order valence-corrected chi connectivity index (χ1v) is 8.97. The average molecular weight is 341 g/mol. The molecule has 0 fully saturated rings. The van der Waals surface area contributed by atoms with Crippen LogP contribution in [0.4, 0.5) is 0 Å². The van der Waals surface area contributed by atoms with Gasteiger partial charge < -0.3 is 9.52 Å². The summed E-state index contributed by atoms with van der Waals surface area (Å²) >= 11 is 1.14. The van der Waals surface area contributed by atoms with E-state index in [1.807, 2.05) is 0 Å². The second-order valence-corrected chi connectivity index (χ2v) is 8.27. The number of carboxylic acid groups (broad SMARTS) is 1. The summed E-state index contributed by atoms with van der Waals surface area (Å²) in [6.07, 6.45) is 0.522. The fourth-order valence-corrected chi connectivity index (χ4v) is 5.39. The van der Waals surface area contributed by atoms with Gasteiger partial charge in [0.15, 0.2) is 0 Å². The highest BCUT2D eigenvalue weighted by atomic mass is 32.2. The van der Waals surface area contributed by atoms with Crippen LogP contribution in [-0.2, 0) is 23.0 Å². The monoisotopic (exact) mass is 341 g/mol. The molecule has 1 aliphatic heterocycles.